The van der Waals surface area contributed by atoms with Crippen LogP contribution in [0.15, 0.2) is 18.2 Å². The van der Waals surface area contributed by atoms with Crippen molar-refractivity contribution in [1.29, 1.82) is 0 Å². The zero-order chi connectivity index (χ0) is 9.84. The third-order valence-electron chi connectivity index (χ3n) is 1.35. The van der Waals surface area contributed by atoms with E-state index in [1.54, 1.807) is 6.07 Å². The van der Waals surface area contributed by atoms with Crippen LogP contribution in [0.4, 0.5) is 0 Å². The maximum absolute atomic E-state index is 10.2. The Labute approximate surface area is 96.6 Å². The summed E-state index contributed by atoms with van der Waals surface area (Å²) in [7, 11) is 0. The van der Waals surface area contributed by atoms with Crippen LogP contribution in [0, 0.1) is 0 Å². The Kier molecular flexibility index (Phi) is 4.00. The molecule has 1 aromatic rings. The minimum absolute atomic E-state index is 0.356. The molecule has 1 aromatic carbocycles. The van der Waals surface area contributed by atoms with Crippen LogP contribution in [0.25, 0.3) is 0 Å². The standard InChI is InChI=1S/C8H6ClO3.Hg/c9-6-3-1-2-4-7(6)12-5-8(10)11;/h2-4H,5H2,(H,10,11);/q;+1. The average Bonchev–Trinajstić information content (AvgIpc) is 2.02. The first-order valence-electron chi connectivity index (χ1n) is 3.55. The molecule has 0 unspecified atom stereocenters. The third-order valence-corrected chi connectivity index (χ3v) is 3.35. The molecule has 0 heterocycles. The van der Waals surface area contributed by atoms with E-state index in [-0.39, 0.29) is 6.61 Å². The van der Waals surface area contributed by atoms with Gasteiger partial charge in [0, 0.05) is 0 Å². The van der Waals surface area contributed by atoms with Crippen molar-refractivity contribution in [2.75, 3.05) is 6.61 Å². The fourth-order valence-corrected chi connectivity index (χ4v) is 2.81. The molecule has 1 rings (SSSR count). The number of ether oxygens (including phenoxy) is 1. The van der Waals surface area contributed by atoms with Crippen molar-refractivity contribution < 1.29 is 40.8 Å². The molecular formula is C8H6ClHgO3+. The molecule has 0 saturated carbocycles. The van der Waals surface area contributed by atoms with Gasteiger partial charge in [0.05, 0.1) is 0 Å². The molecule has 0 fully saturated rings. The summed E-state index contributed by atoms with van der Waals surface area (Å²) in [5.41, 5.74) is 0. The first-order valence-corrected chi connectivity index (χ1v) is 6.68. The van der Waals surface area contributed by atoms with Crippen LogP contribution >= 0.6 is 11.6 Å². The van der Waals surface area contributed by atoms with Gasteiger partial charge in [0.2, 0.25) is 0 Å². The van der Waals surface area contributed by atoms with Gasteiger partial charge in [-0.3, -0.25) is 0 Å². The number of carboxylic acids is 1. The van der Waals surface area contributed by atoms with Gasteiger partial charge in [-0.25, -0.2) is 0 Å². The first kappa shape index (κ1) is 10.8. The van der Waals surface area contributed by atoms with Crippen molar-refractivity contribution in [2.24, 2.45) is 0 Å². The predicted octanol–water partition coefficient (Wildman–Crippen LogP) is 0.976. The van der Waals surface area contributed by atoms with Crippen LogP contribution in [0.2, 0.25) is 5.02 Å². The summed E-state index contributed by atoms with van der Waals surface area (Å²) in [4.78, 5) is 10.2. The van der Waals surface area contributed by atoms with Crippen LogP contribution in [0.1, 0.15) is 0 Å². The summed E-state index contributed by atoms with van der Waals surface area (Å²) in [6, 6.07) is 5.40. The van der Waals surface area contributed by atoms with Crippen molar-refractivity contribution in [1.82, 2.24) is 0 Å². The molecule has 0 radical (unpaired) electrons. The molecule has 0 atom stereocenters. The van der Waals surface area contributed by atoms with Gasteiger partial charge in [0.1, 0.15) is 0 Å². The Morgan fingerprint density at radius 3 is 2.85 bits per heavy atom. The molecule has 1 N–H and O–H groups in total. The average molecular weight is 386 g/mol. The van der Waals surface area contributed by atoms with Gasteiger partial charge in [0.15, 0.2) is 0 Å². The summed E-state index contributed by atoms with van der Waals surface area (Å²) in [5, 5.41) is 8.84. The summed E-state index contributed by atoms with van der Waals surface area (Å²) in [6.45, 7) is -0.356. The number of benzene rings is 1. The minimum atomic E-state index is -1.00. The number of carbonyl (C=O) groups is 1. The quantitative estimate of drug-likeness (QED) is 0.788. The summed E-state index contributed by atoms with van der Waals surface area (Å²) in [6.07, 6.45) is 0. The molecular weight excluding hydrogens is 380 g/mol. The second kappa shape index (κ2) is 4.81. The van der Waals surface area contributed by atoms with Gasteiger partial charge >= 0.3 is 97.0 Å². The Hall–Kier alpha value is -0.285. The molecule has 13 heavy (non-hydrogen) atoms. The molecule has 0 aromatic heterocycles. The number of hydrogen-bond acceptors (Lipinski definition) is 2. The fraction of sp³-hybridized carbons (Fsp3) is 0.125. The predicted molar refractivity (Wildman–Crippen MR) is 44.2 cm³/mol. The van der Waals surface area contributed by atoms with Gasteiger partial charge in [-0.2, -0.15) is 0 Å². The van der Waals surface area contributed by atoms with E-state index in [1.807, 2.05) is 12.1 Å². The number of hydrogen-bond donors (Lipinski definition) is 1. The first-order chi connectivity index (χ1) is 6.09. The monoisotopic (exact) mass is 387 g/mol. The van der Waals surface area contributed by atoms with Crippen molar-refractivity contribution >= 4 is 20.6 Å². The van der Waals surface area contributed by atoms with E-state index in [0.29, 0.717) is 36.9 Å². The number of carboxylic acid groups (broad SMARTS) is 1. The zero-order valence-electron chi connectivity index (χ0n) is 6.79. The van der Waals surface area contributed by atoms with E-state index < -0.39 is 5.97 Å². The molecule has 0 bridgehead atoms. The van der Waals surface area contributed by atoms with Crippen LogP contribution in [0.5, 0.6) is 5.75 Å². The molecule has 64 valence electrons. The molecule has 0 aliphatic heterocycles. The van der Waals surface area contributed by atoms with E-state index in [0.717, 1.165) is 0 Å². The molecule has 0 aliphatic carbocycles. The van der Waals surface area contributed by atoms with Crippen molar-refractivity contribution in [3.8, 4) is 5.75 Å². The van der Waals surface area contributed by atoms with Gasteiger partial charge < -0.3 is 0 Å². The molecule has 0 aliphatic rings. The summed E-state index contributed by atoms with van der Waals surface area (Å²) < 4.78 is 6.14. The Morgan fingerprint density at radius 1 is 1.62 bits per heavy atom. The van der Waals surface area contributed by atoms with Gasteiger partial charge in [-0.1, -0.05) is 0 Å². The Bertz CT molecular complexity index is 327. The summed E-state index contributed by atoms with van der Waals surface area (Å²) >= 11 is 6.35. The van der Waals surface area contributed by atoms with Crippen LogP contribution in [-0.2, 0) is 30.9 Å². The maximum atomic E-state index is 10.2. The van der Waals surface area contributed by atoms with E-state index in [9.17, 15) is 4.79 Å². The Morgan fingerprint density at radius 2 is 2.31 bits per heavy atom. The fourth-order valence-electron chi connectivity index (χ4n) is 0.801. The van der Waals surface area contributed by atoms with Crippen molar-refractivity contribution in [3.05, 3.63) is 23.2 Å². The SMILES string of the molecule is O=C(O)COc1cc[c]([Hg+])cc1Cl. The second-order valence-electron chi connectivity index (χ2n) is 2.45. The second-order valence-corrected chi connectivity index (χ2v) is 6.03. The van der Waals surface area contributed by atoms with E-state index in [1.165, 1.54) is 3.07 Å². The Balaban J connectivity index is 2.72. The van der Waals surface area contributed by atoms with Gasteiger partial charge in [-0.15, -0.1) is 0 Å². The van der Waals surface area contributed by atoms with Gasteiger partial charge in [0.25, 0.3) is 0 Å². The number of halogens is 1. The molecule has 0 amide bonds. The van der Waals surface area contributed by atoms with Crippen molar-refractivity contribution in [2.45, 2.75) is 0 Å². The number of aliphatic carboxylic acids is 1. The summed E-state index contributed by atoms with van der Waals surface area (Å²) in [5.74, 6) is -0.576. The molecule has 0 saturated heterocycles. The third kappa shape index (κ3) is 3.52. The normalized spacial score (nSPS) is 9.77. The van der Waals surface area contributed by atoms with Crippen molar-refractivity contribution in [3.63, 3.8) is 0 Å². The van der Waals surface area contributed by atoms with Gasteiger partial charge in [-0.05, 0) is 0 Å². The zero-order valence-corrected chi connectivity index (χ0v) is 13.0. The van der Waals surface area contributed by atoms with Crippen LogP contribution < -0.4 is 7.81 Å². The van der Waals surface area contributed by atoms with Crippen LogP contribution in [-0.4, -0.2) is 17.7 Å². The van der Waals surface area contributed by atoms with E-state index >= 15 is 0 Å². The number of rotatable bonds is 3. The van der Waals surface area contributed by atoms with E-state index in [4.69, 9.17) is 21.4 Å². The topological polar surface area (TPSA) is 46.5 Å². The van der Waals surface area contributed by atoms with E-state index in [2.05, 4.69) is 0 Å². The van der Waals surface area contributed by atoms with Crippen LogP contribution in [0.3, 0.4) is 0 Å². The molecule has 0 spiro atoms. The molecule has 3 nitrogen and oxygen atoms in total. The molecule has 5 heteroatoms.